The monoisotopic (exact) mass is 257 g/mol. The second-order valence-electron chi connectivity index (χ2n) is 5.05. The highest BCUT2D eigenvalue weighted by molar-refractivity contribution is 5.92. The first-order chi connectivity index (χ1) is 9.26. The Balaban J connectivity index is 1.96. The molecular formula is C15H15NO3. The summed E-state index contributed by atoms with van der Waals surface area (Å²) in [5.74, 6) is 1.47. The fourth-order valence-corrected chi connectivity index (χ4v) is 2.84. The molecule has 0 saturated heterocycles. The van der Waals surface area contributed by atoms with Crippen LogP contribution in [0.15, 0.2) is 18.2 Å². The van der Waals surface area contributed by atoms with E-state index < -0.39 is 5.41 Å². The first-order valence-corrected chi connectivity index (χ1v) is 6.57. The number of nitrogens with zero attached hydrogens (tertiary/aromatic N) is 1. The number of rotatable bonds is 3. The number of fused-ring (bicyclic) bond motifs is 1. The Hall–Kier alpha value is -2.02. The molecule has 3 rings (SSSR count). The fourth-order valence-electron chi connectivity index (χ4n) is 2.84. The van der Waals surface area contributed by atoms with Crippen LogP contribution in [0.1, 0.15) is 31.2 Å². The van der Waals surface area contributed by atoms with Crippen LogP contribution in [0.5, 0.6) is 11.5 Å². The minimum absolute atomic E-state index is 0.0194. The maximum Gasteiger partial charge on any atom is 0.161 e. The van der Waals surface area contributed by atoms with Crippen LogP contribution in [-0.2, 0) is 10.2 Å². The van der Waals surface area contributed by atoms with Crippen LogP contribution in [-0.4, -0.2) is 19.0 Å². The fraction of sp³-hybridized carbons (Fsp3) is 0.467. The summed E-state index contributed by atoms with van der Waals surface area (Å²) in [5, 5.41) is 8.74. The van der Waals surface area contributed by atoms with E-state index in [1.807, 2.05) is 24.3 Å². The number of benzene rings is 1. The highest BCUT2D eigenvalue weighted by Crippen LogP contribution is 2.47. The zero-order valence-electron chi connectivity index (χ0n) is 10.6. The molecule has 1 aromatic rings. The smallest absolute Gasteiger partial charge is 0.161 e. The second-order valence-corrected chi connectivity index (χ2v) is 5.05. The Kier molecular flexibility index (Phi) is 2.90. The molecule has 1 aromatic carbocycles. The van der Waals surface area contributed by atoms with Crippen molar-refractivity contribution in [3.05, 3.63) is 23.8 Å². The van der Waals surface area contributed by atoms with Crippen molar-refractivity contribution in [3.8, 4) is 17.6 Å². The molecule has 1 aliphatic carbocycles. The second kappa shape index (κ2) is 4.58. The zero-order chi connectivity index (χ0) is 13.3. The summed E-state index contributed by atoms with van der Waals surface area (Å²) in [6.07, 6.45) is 2.67. The van der Waals surface area contributed by atoms with Crippen molar-refractivity contribution < 1.29 is 14.3 Å². The van der Waals surface area contributed by atoms with Gasteiger partial charge in [0.25, 0.3) is 0 Å². The van der Waals surface area contributed by atoms with Crippen molar-refractivity contribution in [1.29, 1.82) is 5.26 Å². The van der Waals surface area contributed by atoms with Crippen molar-refractivity contribution in [2.45, 2.75) is 31.1 Å². The Morgan fingerprint density at radius 3 is 2.63 bits per heavy atom. The maximum atomic E-state index is 12.2. The van der Waals surface area contributed by atoms with E-state index in [9.17, 15) is 4.79 Å². The van der Waals surface area contributed by atoms with Crippen LogP contribution in [0.2, 0.25) is 0 Å². The number of ketones is 1. The molecule has 1 saturated carbocycles. The van der Waals surface area contributed by atoms with E-state index in [1.54, 1.807) is 0 Å². The summed E-state index contributed by atoms with van der Waals surface area (Å²) in [4.78, 5) is 12.2. The number of carbonyl (C=O) groups is 1. The summed E-state index contributed by atoms with van der Waals surface area (Å²) in [5.41, 5.74) is 0.495. The lowest BCUT2D eigenvalue weighted by atomic mass is 9.61. The van der Waals surface area contributed by atoms with Crippen molar-refractivity contribution in [3.63, 3.8) is 0 Å². The lowest BCUT2D eigenvalue weighted by Crippen LogP contribution is -2.42. The molecule has 19 heavy (non-hydrogen) atoms. The standard InChI is InChI=1S/C15H15NO3/c16-7-4-14(17)15(5-1-6-15)11-2-3-12-13(10-11)19-9-8-18-12/h2-3,10H,1,4-6,8-9H2. The van der Waals surface area contributed by atoms with Crippen LogP contribution in [0.25, 0.3) is 0 Å². The maximum absolute atomic E-state index is 12.2. The molecule has 0 atom stereocenters. The molecular weight excluding hydrogens is 242 g/mol. The highest BCUT2D eigenvalue weighted by Gasteiger charge is 2.45. The first kappa shape index (κ1) is 12.0. The molecule has 2 aliphatic rings. The number of hydrogen-bond acceptors (Lipinski definition) is 4. The molecule has 4 heteroatoms. The summed E-state index contributed by atoms with van der Waals surface area (Å²) in [6.45, 7) is 1.10. The predicted molar refractivity (Wildman–Crippen MR) is 68.2 cm³/mol. The Morgan fingerprint density at radius 2 is 2.00 bits per heavy atom. The van der Waals surface area contributed by atoms with Gasteiger partial charge in [-0.1, -0.05) is 12.5 Å². The lowest BCUT2D eigenvalue weighted by Gasteiger charge is -2.40. The highest BCUT2D eigenvalue weighted by atomic mass is 16.6. The molecule has 0 bridgehead atoms. The molecule has 1 heterocycles. The number of ether oxygens (including phenoxy) is 2. The van der Waals surface area contributed by atoms with Gasteiger partial charge in [-0.15, -0.1) is 0 Å². The molecule has 0 spiro atoms. The Labute approximate surface area is 111 Å². The molecule has 0 N–H and O–H groups in total. The molecule has 0 unspecified atom stereocenters. The van der Waals surface area contributed by atoms with Crippen molar-refractivity contribution in [1.82, 2.24) is 0 Å². The van der Waals surface area contributed by atoms with Crippen LogP contribution in [0.3, 0.4) is 0 Å². The predicted octanol–water partition coefficient (Wildman–Crippen LogP) is 2.36. The third-order valence-electron chi connectivity index (χ3n) is 4.08. The van der Waals surface area contributed by atoms with Crippen LogP contribution in [0.4, 0.5) is 0 Å². The molecule has 1 aliphatic heterocycles. The largest absolute Gasteiger partial charge is 0.486 e. The molecule has 98 valence electrons. The van der Waals surface area contributed by atoms with Gasteiger partial charge in [-0.05, 0) is 30.5 Å². The molecule has 0 amide bonds. The van der Waals surface area contributed by atoms with Gasteiger partial charge in [0.15, 0.2) is 17.3 Å². The van der Waals surface area contributed by atoms with E-state index >= 15 is 0 Å². The van der Waals surface area contributed by atoms with E-state index in [-0.39, 0.29) is 12.2 Å². The topological polar surface area (TPSA) is 59.3 Å². The van der Waals surface area contributed by atoms with Gasteiger partial charge < -0.3 is 9.47 Å². The van der Waals surface area contributed by atoms with Crippen LogP contribution >= 0.6 is 0 Å². The van der Waals surface area contributed by atoms with Gasteiger partial charge in [-0.25, -0.2) is 0 Å². The van der Waals surface area contributed by atoms with E-state index in [0.717, 1.165) is 30.6 Å². The summed E-state index contributed by atoms with van der Waals surface area (Å²) >= 11 is 0. The van der Waals surface area contributed by atoms with E-state index in [4.69, 9.17) is 14.7 Å². The minimum Gasteiger partial charge on any atom is -0.486 e. The van der Waals surface area contributed by atoms with Crippen molar-refractivity contribution in [2.75, 3.05) is 13.2 Å². The summed E-state index contributed by atoms with van der Waals surface area (Å²) in [6, 6.07) is 7.67. The van der Waals surface area contributed by atoms with Gasteiger partial charge in [0.2, 0.25) is 0 Å². The van der Waals surface area contributed by atoms with Gasteiger partial charge in [-0.2, -0.15) is 5.26 Å². The molecule has 0 aromatic heterocycles. The van der Waals surface area contributed by atoms with Crippen LogP contribution in [0, 0.1) is 11.3 Å². The van der Waals surface area contributed by atoms with Gasteiger partial charge in [0, 0.05) is 0 Å². The molecule has 4 nitrogen and oxygen atoms in total. The first-order valence-electron chi connectivity index (χ1n) is 6.57. The Bertz CT molecular complexity index is 555. The van der Waals surface area contributed by atoms with Gasteiger partial charge in [0.05, 0.1) is 17.9 Å². The van der Waals surface area contributed by atoms with Crippen LogP contribution < -0.4 is 9.47 Å². The average molecular weight is 257 g/mol. The molecule has 1 fully saturated rings. The third kappa shape index (κ3) is 1.86. The third-order valence-corrected chi connectivity index (χ3v) is 4.08. The summed E-state index contributed by atoms with van der Waals surface area (Å²) < 4.78 is 11.1. The summed E-state index contributed by atoms with van der Waals surface area (Å²) in [7, 11) is 0. The number of hydrogen-bond donors (Lipinski definition) is 0. The Morgan fingerprint density at radius 1 is 1.26 bits per heavy atom. The average Bonchev–Trinajstić information content (AvgIpc) is 2.38. The van der Waals surface area contributed by atoms with Gasteiger partial charge >= 0.3 is 0 Å². The lowest BCUT2D eigenvalue weighted by molar-refractivity contribution is -0.126. The van der Waals surface area contributed by atoms with E-state index in [2.05, 4.69) is 0 Å². The van der Waals surface area contributed by atoms with Gasteiger partial charge in [-0.3, -0.25) is 4.79 Å². The quantitative estimate of drug-likeness (QED) is 0.834. The van der Waals surface area contributed by atoms with Crippen molar-refractivity contribution in [2.24, 2.45) is 0 Å². The van der Waals surface area contributed by atoms with E-state index in [1.165, 1.54) is 0 Å². The zero-order valence-corrected chi connectivity index (χ0v) is 10.6. The SMILES string of the molecule is N#CCC(=O)C1(c2ccc3c(c2)OCCO3)CCC1. The number of Topliss-reactive ketones (excluding diaryl/α,β-unsaturated/α-hetero) is 1. The van der Waals surface area contributed by atoms with E-state index in [0.29, 0.717) is 19.0 Å². The normalized spacial score (nSPS) is 19.1. The number of carbonyl (C=O) groups excluding carboxylic acids is 1. The minimum atomic E-state index is -0.467. The van der Waals surface area contributed by atoms with Crippen molar-refractivity contribution >= 4 is 5.78 Å². The molecule has 0 radical (unpaired) electrons. The van der Waals surface area contributed by atoms with Gasteiger partial charge in [0.1, 0.15) is 13.2 Å². The number of nitriles is 1.